The molecule has 16 heavy (non-hydrogen) atoms. The van der Waals surface area contributed by atoms with E-state index in [9.17, 15) is 0 Å². The highest BCUT2D eigenvalue weighted by Crippen LogP contribution is 2.19. The second kappa shape index (κ2) is 6.87. The van der Waals surface area contributed by atoms with Crippen LogP contribution in [0.1, 0.15) is 38.5 Å². The van der Waals surface area contributed by atoms with Crippen molar-refractivity contribution in [2.24, 2.45) is 11.8 Å². The molecule has 0 amide bonds. The second-order valence-corrected chi connectivity index (χ2v) is 4.81. The molecule has 2 heteroatoms. The zero-order chi connectivity index (χ0) is 11.1. The summed E-state index contributed by atoms with van der Waals surface area (Å²) < 4.78 is 0. The maximum atomic E-state index is 5.29. The largest absolute Gasteiger partial charge is 0.236 e. The van der Waals surface area contributed by atoms with Gasteiger partial charge in [-0.3, -0.25) is 0 Å². The molecule has 0 aromatic rings. The van der Waals surface area contributed by atoms with Gasteiger partial charge in [0.1, 0.15) is 0 Å². The van der Waals surface area contributed by atoms with Crippen molar-refractivity contribution in [2.75, 3.05) is 13.2 Å². The van der Waals surface area contributed by atoms with Gasteiger partial charge in [-0.2, -0.15) is 0 Å². The highest BCUT2D eigenvalue weighted by molar-refractivity contribution is 4.93. The van der Waals surface area contributed by atoms with E-state index < -0.39 is 0 Å². The van der Waals surface area contributed by atoms with E-state index in [-0.39, 0.29) is 0 Å². The first kappa shape index (κ1) is 11.9. The van der Waals surface area contributed by atoms with Crippen LogP contribution in [0.15, 0.2) is 24.3 Å². The number of hydrogen-bond acceptors (Lipinski definition) is 2. The van der Waals surface area contributed by atoms with Crippen molar-refractivity contribution >= 4 is 0 Å². The van der Waals surface area contributed by atoms with E-state index in [0.717, 1.165) is 0 Å². The van der Waals surface area contributed by atoms with Crippen LogP contribution in [0.4, 0.5) is 0 Å². The van der Waals surface area contributed by atoms with E-state index in [2.05, 4.69) is 24.3 Å². The van der Waals surface area contributed by atoms with E-state index in [1.54, 1.807) is 0 Å². The third-order valence-corrected chi connectivity index (χ3v) is 3.36. The molecule has 0 saturated carbocycles. The van der Waals surface area contributed by atoms with Gasteiger partial charge in [0.15, 0.2) is 0 Å². The fourth-order valence-electron chi connectivity index (χ4n) is 2.31. The Morgan fingerprint density at radius 2 is 1.31 bits per heavy atom. The molecule has 2 aliphatic rings. The Morgan fingerprint density at radius 3 is 1.69 bits per heavy atom. The molecule has 2 nitrogen and oxygen atoms in total. The molecular formula is C14H22O2. The molecule has 0 spiro atoms. The molecule has 2 rings (SSSR count). The summed E-state index contributed by atoms with van der Waals surface area (Å²) in [6, 6.07) is 0. The molecule has 0 aliphatic heterocycles. The van der Waals surface area contributed by atoms with Gasteiger partial charge < -0.3 is 0 Å². The van der Waals surface area contributed by atoms with Gasteiger partial charge in [0.2, 0.25) is 0 Å². The Morgan fingerprint density at radius 1 is 0.812 bits per heavy atom. The standard InChI is InChI=1S/C14H22O2/c1-3-7-13(8-4-1)11-15-16-12-14-9-5-2-6-10-14/h3,5,7,9,13-14H,1-2,4,6,8,10-12H2. The van der Waals surface area contributed by atoms with Gasteiger partial charge in [-0.25, -0.2) is 9.78 Å². The average molecular weight is 222 g/mol. The minimum atomic E-state index is 0.565. The Balaban J connectivity index is 1.54. The Bertz CT molecular complexity index is 219. The molecule has 2 atom stereocenters. The molecule has 0 bridgehead atoms. The molecule has 0 N–H and O–H groups in total. The predicted molar refractivity (Wildman–Crippen MR) is 64.9 cm³/mol. The van der Waals surface area contributed by atoms with E-state index >= 15 is 0 Å². The first-order valence-electron chi connectivity index (χ1n) is 6.53. The van der Waals surface area contributed by atoms with Gasteiger partial charge in [-0.1, -0.05) is 24.3 Å². The van der Waals surface area contributed by atoms with Crippen LogP contribution >= 0.6 is 0 Å². The minimum Gasteiger partial charge on any atom is -0.236 e. The zero-order valence-electron chi connectivity index (χ0n) is 9.94. The molecule has 2 unspecified atom stereocenters. The zero-order valence-corrected chi connectivity index (χ0v) is 9.94. The lowest BCUT2D eigenvalue weighted by molar-refractivity contribution is -0.304. The quantitative estimate of drug-likeness (QED) is 0.306. The molecule has 0 aromatic carbocycles. The SMILES string of the molecule is C1=CC(COOCC2C=CCCC2)CCC1. The maximum absolute atomic E-state index is 5.29. The molecule has 90 valence electrons. The summed E-state index contributed by atoms with van der Waals surface area (Å²) in [6.45, 7) is 1.43. The van der Waals surface area contributed by atoms with Crippen molar-refractivity contribution in [1.29, 1.82) is 0 Å². The first-order chi connectivity index (χ1) is 7.95. The summed E-state index contributed by atoms with van der Waals surface area (Å²) in [5.41, 5.74) is 0. The summed E-state index contributed by atoms with van der Waals surface area (Å²) in [4.78, 5) is 10.6. The molecule has 0 radical (unpaired) electrons. The monoisotopic (exact) mass is 222 g/mol. The van der Waals surface area contributed by atoms with Gasteiger partial charge in [-0.05, 0) is 38.5 Å². The Hall–Kier alpha value is -0.600. The summed E-state index contributed by atoms with van der Waals surface area (Å²) >= 11 is 0. The van der Waals surface area contributed by atoms with Crippen LogP contribution in [0.3, 0.4) is 0 Å². The van der Waals surface area contributed by atoms with Crippen LogP contribution in [0, 0.1) is 11.8 Å². The van der Waals surface area contributed by atoms with E-state index in [0.29, 0.717) is 25.0 Å². The molecule has 0 fully saturated rings. The number of rotatable bonds is 5. The summed E-state index contributed by atoms with van der Waals surface area (Å²) in [5.74, 6) is 1.13. The lowest BCUT2D eigenvalue weighted by Crippen LogP contribution is -2.14. The molecule has 0 heterocycles. The van der Waals surface area contributed by atoms with Crippen molar-refractivity contribution in [3.8, 4) is 0 Å². The summed E-state index contributed by atoms with van der Waals surface area (Å²) in [7, 11) is 0. The van der Waals surface area contributed by atoms with Crippen LogP contribution in [0.5, 0.6) is 0 Å². The average Bonchev–Trinajstić information content (AvgIpc) is 2.37. The summed E-state index contributed by atoms with van der Waals surface area (Å²) in [5, 5.41) is 0. The van der Waals surface area contributed by atoms with Gasteiger partial charge in [0.05, 0.1) is 13.2 Å². The van der Waals surface area contributed by atoms with Crippen molar-refractivity contribution < 1.29 is 9.78 Å². The summed E-state index contributed by atoms with van der Waals surface area (Å²) in [6.07, 6.45) is 16.5. The molecule has 0 saturated heterocycles. The van der Waals surface area contributed by atoms with Gasteiger partial charge in [0, 0.05) is 11.8 Å². The van der Waals surface area contributed by atoms with E-state index in [1.807, 2.05) is 0 Å². The molecule has 2 aliphatic carbocycles. The lowest BCUT2D eigenvalue weighted by Gasteiger charge is -2.18. The first-order valence-corrected chi connectivity index (χ1v) is 6.53. The lowest BCUT2D eigenvalue weighted by atomic mass is 9.97. The smallest absolute Gasteiger partial charge is 0.0884 e. The van der Waals surface area contributed by atoms with Crippen molar-refractivity contribution in [3.05, 3.63) is 24.3 Å². The van der Waals surface area contributed by atoms with Crippen LogP contribution in [-0.4, -0.2) is 13.2 Å². The fourth-order valence-corrected chi connectivity index (χ4v) is 2.31. The van der Waals surface area contributed by atoms with E-state index in [4.69, 9.17) is 9.78 Å². The topological polar surface area (TPSA) is 18.5 Å². The van der Waals surface area contributed by atoms with Crippen LogP contribution < -0.4 is 0 Å². The Kier molecular flexibility index (Phi) is 5.10. The third kappa shape index (κ3) is 4.11. The normalized spacial score (nSPS) is 29.5. The molecular weight excluding hydrogens is 200 g/mol. The number of hydrogen-bond donors (Lipinski definition) is 0. The minimum absolute atomic E-state index is 0.565. The van der Waals surface area contributed by atoms with Gasteiger partial charge in [0.25, 0.3) is 0 Å². The van der Waals surface area contributed by atoms with Crippen molar-refractivity contribution in [3.63, 3.8) is 0 Å². The third-order valence-electron chi connectivity index (χ3n) is 3.36. The van der Waals surface area contributed by atoms with Crippen molar-refractivity contribution in [2.45, 2.75) is 38.5 Å². The maximum Gasteiger partial charge on any atom is 0.0884 e. The van der Waals surface area contributed by atoms with Crippen molar-refractivity contribution in [1.82, 2.24) is 0 Å². The number of allylic oxidation sites excluding steroid dienone is 2. The highest BCUT2D eigenvalue weighted by Gasteiger charge is 2.11. The van der Waals surface area contributed by atoms with Crippen LogP contribution in [-0.2, 0) is 9.78 Å². The van der Waals surface area contributed by atoms with E-state index in [1.165, 1.54) is 38.5 Å². The fraction of sp³-hybridized carbons (Fsp3) is 0.714. The van der Waals surface area contributed by atoms with Crippen LogP contribution in [0.25, 0.3) is 0 Å². The second-order valence-electron chi connectivity index (χ2n) is 4.81. The Labute approximate surface area is 98.2 Å². The highest BCUT2D eigenvalue weighted by atomic mass is 17.2. The van der Waals surface area contributed by atoms with Crippen LogP contribution in [0.2, 0.25) is 0 Å². The predicted octanol–water partition coefficient (Wildman–Crippen LogP) is 3.65. The van der Waals surface area contributed by atoms with Gasteiger partial charge >= 0.3 is 0 Å². The van der Waals surface area contributed by atoms with Gasteiger partial charge in [-0.15, -0.1) is 0 Å². The molecule has 0 aromatic heterocycles.